The van der Waals surface area contributed by atoms with Gasteiger partial charge in [0.15, 0.2) is 0 Å². The van der Waals surface area contributed by atoms with Crippen molar-refractivity contribution in [3.63, 3.8) is 0 Å². The molecule has 0 aliphatic rings. The Morgan fingerprint density at radius 1 is 0.900 bits per heavy atom. The molecule has 1 aromatic heterocycles. The molecule has 3 aromatic carbocycles. The molecule has 4 aromatic rings. The van der Waals surface area contributed by atoms with E-state index in [0.717, 1.165) is 17.7 Å². The molecule has 0 aliphatic carbocycles. The summed E-state index contributed by atoms with van der Waals surface area (Å²) in [5, 5.41) is 0. The Bertz CT molecular complexity index is 1200. The molecule has 6 nitrogen and oxygen atoms in total. The summed E-state index contributed by atoms with van der Waals surface area (Å²) in [5.41, 5.74) is 6.38. The van der Waals surface area contributed by atoms with Crippen LogP contribution < -0.4 is 15.2 Å². The molecule has 0 radical (unpaired) electrons. The molecule has 0 saturated heterocycles. The summed E-state index contributed by atoms with van der Waals surface area (Å²) in [5.74, 6) is 1.64. The minimum atomic E-state index is -4.39. The molecule has 1 amide bonds. The number of hydrogen-bond acceptors (Lipinski definition) is 4. The number of aromatic amines is 1. The van der Waals surface area contributed by atoms with Crippen LogP contribution in [0.4, 0.5) is 18.0 Å². The number of aromatic nitrogens is 2. The van der Waals surface area contributed by atoms with Crippen LogP contribution in [0, 0.1) is 0 Å². The molecule has 4 rings (SSSR count). The number of H-pyrrole nitrogens is 1. The molecule has 1 heterocycles. The number of carbonyl (C=O) groups excluding carboxylic acids is 1. The molecular formula is C21H14F3N3O3. The zero-order chi connectivity index (χ0) is 21.3. The summed E-state index contributed by atoms with van der Waals surface area (Å²) >= 11 is 0. The van der Waals surface area contributed by atoms with Crippen LogP contribution >= 0.6 is 0 Å². The lowest BCUT2D eigenvalue weighted by Crippen LogP contribution is -2.16. The number of nitrogens with two attached hydrogens (primary N) is 1. The van der Waals surface area contributed by atoms with Crippen LogP contribution in [0.1, 0.15) is 5.56 Å². The van der Waals surface area contributed by atoms with Gasteiger partial charge in [0.05, 0.1) is 16.6 Å². The van der Waals surface area contributed by atoms with Crippen molar-refractivity contribution < 1.29 is 27.4 Å². The number of amides is 1. The fraction of sp³-hybridized carbons (Fsp3) is 0.0476. The lowest BCUT2D eigenvalue weighted by Gasteiger charge is -2.09. The van der Waals surface area contributed by atoms with Crippen LogP contribution in [-0.2, 0) is 6.18 Å². The Morgan fingerprint density at radius 3 is 2.10 bits per heavy atom. The van der Waals surface area contributed by atoms with Gasteiger partial charge >= 0.3 is 12.3 Å². The lowest BCUT2D eigenvalue weighted by atomic mass is 10.2. The normalized spacial score (nSPS) is 11.4. The molecule has 0 aliphatic heterocycles. The molecule has 30 heavy (non-hydrogen) atoms. The van der Waals surface area contributed by atoms with Crippen molar-refractivity contribution in [1.82, 2.24) is 9.97 Å². The molecule has 0 unspecified atom stereocenters. The first-order valence-corrected chi connectivity index (χ1v) is 8.70. The summed E-state index contributed by atoms with van der Waals surface area (Å²) in [6.07, 6.45) is -5.29. The average Bonchev–Trinajstić information content (AvgIpc) is 3.11. The first kappa shape index (κ1) is 19.3. The smallest absolute Gasteiger partial charge is 0.416 e. The lowest BCUT2D eigenvalue weighted by molar-refractivity contribution is -0.137. The van der Waals surface area contributed by atoms with Gasteiger partial charge in [-0.3, -0.25) is 0 Å². The number of nitrogens with zero attached hydrogens (tertiary/aromatic N) is 1. The van der Waals surface area contributed by atoms with Gasteiger partial charge < -0.3 is 20.2 Å². The highest BCUT2D eigenvalue weighted by molar-refractivity contribution is 5.81. The predicted molar refractivity (Wildman–Crippen MR) is 103 cm³/mol. The number of primary amides is 1. The van der Waals surface area contributed by atoms with Gasteiger partial charge in [-0.2, -0.15) is 13.2 Å². The Labute approximate surface area is 168 Å². The summed E-state index contributed by atoms with van der Waals surface area (Å²) in [7, 11) is 0. The third-order valence-corrected chi connectivity index (χ3v) is 4.22. The van der Waals surface area contributed by atoms with E-state index in [-0.39, 0.29) is 0 Å². The highest BCUT2D eigenvalue weighted by atomic mass is 19.4. The van der Waals surface area contributed by atoms with Crippen molar-refractivity contribution >= 4 is 17.1 Å². The summed E-state index contributed by atoms with van der Waals surface area (Å²) in [6.45, 7) is 0. The second-order valence-corrected chi connectivity index (χ2v) is 6.33. The van der Waals surface area contributed by atoms with E-state index in [0.29, 0.717) is 34.1 Å². The topological polar surface area (TPSA) is 90.2 Å². The largest absolute Gasteiger partial charge is 0.457 e. The van der Waals surface area contributed by atoms with Gasteiger partial charge in [-0.15, -0.1) is 0 Å². The van der Waals surface area contributed by atoms with Crippen molar-refractivity contribution in [2.24, 2.45) is 5.73 Å². The molecule has 9 heteroatoms. The highest BCUT2D eigenvalue weighted by Gasteiger charge is 2.30. The van der Waals surface area contributed by atoms with Gasteiger partial charge in [-0.25, -0.2) is 9.78 Å². The van der Waals surface area contributed by atoms with Crippen molar-refractivity contribution in [3.8, 4) is 28.6 Å². The maximum Gasteiger partial charge on any atom is 0.416 e. The van der Waals surface area contributed by atoms with E-state index < -0.39 is 17.8 Å². The number of halogens is 3. The molecule has 0 spiro atoms. The van der Waals surface area contributed by atoms with E-state index in [2.05, 4.69) is 9.97 Å². The third kappa shape index (κ3) is 4.19. The molecule has 0 fully saturated rings. The SMILES string of the molecule is NC(=O)Oc1ccc2nc(-c3ccc(Oc4ccc(C(F)(F)F)cc4)cc3)[nH]c2c1. The Hall–Kier alpha value is -4.01. The minimum Gasteiger partial charge on any atom is -0.457 e. The average molecular weight is 413 g/mol. The van der Waals surface area contributed by atoms with Crippen molar-refractivity contribution in [2.45, 2.75) is 6.18 Å². The van der Waals surface area contributed by atoms with Gasteiger partial charge in [0.1, 0.15) is 23.1 Å². The zero-order valence-corrected chi connectivity index (χ0v) is 15.2. The number of ether oxygens (including phenoxy) is 2. The van der Waals surface area contributed by atoms with Crippen LogP contribution in [0.5, 0.6) is 17.2 Å². The first-order valence-electron chi connectivity index (χ1n) is 8.70. The van der Waals surface area contributed by atoms with Crippen LogP contribution in [-0.4, -0.2) is 16.1 Å². The number of rotatable bonds is 4. The summed E-state index contributed by atoms with van der Waals surface area (Å²) in [6, 6.07) is 16.2. The van der Waals surface area contributed by atoms with E-state index in [4.69, 9.17) is 15.2 Å². The van der Waals surface area contributed by atoms with E-state index in [1.165, 1.54) is 12.1 Å². The maximum absolute atomic E-state index is 12.6. The van der Waals surface area contributed by atoms with Gasteiger partial charge in [0.2, 0.25) is 0 Å². The first-order chi connectivity index (χ1) is 14.3. The number of benzene rings is 3. The van der Waals surface area contributed by atoms with Gasteiger partial charge in [0.25, 0.3) is 0 Å². The molecular weight excluding hydrogens is 399 g/mol. The number of imidazole rings is 1. The predicted octanol–water partition coefficient (Wildman–Crippen LogP) is 5.50. The molecule has 0 saturated carbocycles. The van der Waals surface area contributed by atoms with E-state index in [1.54, 1.807) is 42.5 Å². The number of hydrogen-bond donors (Lipinski definition) is 2. The summed E-state index contributed by atoms with van der Waals surface area (Å²) in [4.78, 5) is 18.5. The monoisotopic (exact) mass is 413 g/mol. The van der Waals surface area contributed by atoms with Crippen molar-refractivity contribution in [1.29, 1.82) is 0 Å². The number of alkyl halides is 3. The quantitative estimate of drug-likeness (QED) is 0.462. The van der Waals surface area contributed by atoms with E-state index in [9.17, 15) is 18.0 Å². The highest BCUT2D eigenvalue weighted by Crippen LogP contribution is 2.32. The van der Waals surface area contributed by atoms with Crippen LogP contribution in [0.3, 0.4) is 0 Å². The molecule has 3 N–H and O–H groups in total. The number of nitrogens with one attached hydrogen (secondary N) is 1. The van der Waals surface area contributed by atoms with Gasteiger partial charge in [-0.1, -0.05) is 0 Å². The minimum absolute atomic E-state index is 0.293. The zero-order valence-electron chi connectivity index (χ0n) is 15.2. The van der Waals surface area contributed by atoms with Gasteiger partial charge in [-0.05, 0) is 60.7 Å². The maximum atomic E-state index is 12.6. The summed E-state index contributed by atoms with van der Waals surface area (Å²) < 4.78 is 48.3. The number of fused-ring (bicyclic) bond motifs is 1. The van der Waals surface area contributed by atoms with Crippen molar-refractivity contribution in [2.75, 3.05) is 0 Å². The van der Waals surface area contributed by atoms with E-state index >= 15 is 0 Å². The Balaban J connectivity index is 1.51. The third-order valence-electron chi connectivity index (χ3n) is 4.22. The molecule has 0 bridgehead atoms. The Morgan fingerprint density at radius 2 is 1.50 bits per heavy atom. The van der Waals surface area contributed by atoms with Gasteiger partial charge in [0, 0.05) is 11.6 Å². The fourth-order valence-corrected chi connectivity index (χ4v) is 2.83. The van der Waals surface area contributed by atoms with Crippen LogP contribution in [0.15, 0.2) is 66.7 Å². The van der Waals surface area contributed by atoms with E-state index in [1.807, 2.05) is 0 Å². The van der Waals surface area contributed by atoms with Crippen LogP contribution in [0.25, 0.3) is 22.4 Å². The van der Waals surface area contributed by atoms with Crippen LogP contribution in [0.2, 0.25) is 0 Å². The standard InChI is InChI=1S/C21H14F3N3O3/c22-21(23,24)13-3-7-15(8-4-13)29-14-5-1-12(2-6-14)19-26-17-10-9-16(30-20(25)28)11-18(17)27-19/h1-11H,(H2,25,28)(H,26,27). The fourth-order valence-electron chi connectivity index (χ4n) is 2.83. The molecule has 0 atom stereocenters. The molecule has 152 valence electrons. The Kier molecular flexibility index (Phi) is 4.78. The number of carbonyl (C=O) groups is 1. The second-order valence-electron chi connectivity index (χ2n) is 6.33. The van der Waals surface area contributed by atoms with Crippen molar-refractivity contribution in [3.05, 3.63) is 72.3 Å². The second kappa shape index (κ2) is 7.43.